The van der Waals surface area contributed by atoms with Crippen molar-refractivity contribution in [2.24, 2.45) is 5.10 Å². The molecule has 39 heavy (non-hydrogen) atoms. The van der Waals surface area contributed by atoms with Crippen LogP contribution >= 0.6 is 0 Å². The number of aromatic amines is 1. The maximum Gasteiger partial charge on any atom is 2.00 e. The van der Waals surface area contributed by atoms with Crippen molar-refractivity contribution in [2.45, 2.75) is 0 Å². The van der Waals surface area contributed by atoms with Crippen LogP contribution in [0, 0.1) is 20.5 Å². The maximum absolute atomic E-state index is 11.5. The fourth-order valence-corrected chi connectivity index (χ4v) is 2.18. The summed E-state index contributed by atoms with van der Waals surface area (Å²) < 4.78 is 67.9. The van der Waals surface area contributed by atoms with Crippen molar-refractivity contribution in [3.05, 3.63) is 103 Å². The Morgan fingerprint density at radius 1 is 0.769 bits per heavy atom. The first-order valence-electron chi connectivity index (χ1n) is 9.75. The molecular formula is C21H18Cl2CuN6O9. The number of nitrogens with one attached hydrogen (secondary N) is 2. The fourth-order valence-electron chi connectivity index (χ4n) is 2.18. The van der Waals surface area contributed by atoms with E-state index in [1.807, 2.05) is 48.5 Å². The second kappa shape index (κ2) is 18.8. The molecule has 4 rings (SSSR count). The second-order valence-corrected chi connectivity index (χ2v) is 7.76. The Morgan fingerprint density at radius 3 is 1.69 bits per heavy atom. The Bertz CT molecular complexity index is 1140. The Kier molecular flexibility index (Phi) is 17.2. The smallest absolute Gasteiger partial charge is 0.360 e. The van der Waals surface area contributed by atoms with Gasteiger partial charge in [0.25, 0.3) is 5.91 Å². The number of halogens is 2. The quantitative estimate of drug-likeness (QED) is 0.121. The molecule has 0 aliphatic carbocycles. The van der Waals surface area contributed by atoms with Gasteiger partial charge in [-0.05, 0) is 48.5 Å². The molecule has 0 atom stereocenters. The summed E-state index contributed by atoms with van der Waals surface area (Å²) in [7, 11) is -9.89. The average molecular weight is 633 g/mol. The van der Waals surface area contributed by atoms with Crippen molar-refractivity contribution in [3.63, 3.8) is 0 Å². The molecule has 4 aromatic heterocycles. The molecule has 2 N–H and O–H groups in total. The minimum Gasteiger partial charge on any atom is -0.360 e. The molecular weight excluding hydrogens is 615 g/mol. The first-order valence-corrected chi connectivity index (χ1v) is 12.2. The summed E-state index contributed by atoms with van der Waals surface area (Å²) in [4.78, 5) is 26.7. The van der Waals surface area contributed by atoms with Gasteiger partial charge in [0.15, 0.2) is 0 Å². The van der Waals surface area contributed by atoms with E-state index < -0.39 is 20.5 Å². The standard InChI is InChI=1S/C11H10N4O.C10H8N2.2ClHO4.Cu/c16-11(9-3-1-5-12-7-9)15-14-8-10-4-2-6-13-10;1-3-7-11-9(5-1)10-6-2-4-8-12-10;2*2-1(3,4)5;/h1-8,13H,(H,15,16);1-8H;2*(H,2,3,4,5);/q;;;;+2/p-2/b14-8-;;;;. The van der Waals surface area contributed by atoms with E-state index in [0.717, 1.165) is 17.1 Å². The number of nitrogens with zero attached hydrogens (tertiary/aromatic N) is 4. The fraction of sp³-hybridized carbons (Fsp3) is 0. The summed E-state index contributed by atoms with van der Waals surface area (Å²) in [5.41, 5.74) is 5.54. The van der Waals surface area contributed by atoms with Crippen molar-refractivity contribution in [3.8, 4) is 11.4 Å². The molecule has 0 aliphatic rings. The number of aromatic nitrogens is 4. The summed E-state index contributed by atoms with van der Waals surface area (Å²) in [6.07, 6.45) is 9.95. The van der Waals surface area contributed by atoms with Gasteiger partial charge in [-0.2, -0.15) is 5.10 Å². The van der Waals surface area contributed by atoms with E-state index in [2.05, 4.69) is 30.5 Å². The summed E-state index contributed by atoms with van der Waals surface area (Å²) in [5, 5.41) is 3.81. The van der Waals surface area contributed by atoms with Gasteiger partial charge in [0.2, 0.25) is 0 Å². The van der Waals surface area contributed by atoms with E-state index in [-0.39, 0.29) is 23.0 Å². The topological polar surface area (TPSA) is 280 Å². The molecule has 15 nitrogen and oxygen atoms in total. The molecule has 4 aromatic rings. The van der Waals surface area contributed by atoms with Crippen LogP contribution < -0.4 is 42.7 Å². The zero-order valence-corrected chi connectivity index (χ0v) is 21.7. The van der Waals surface area contributed by atoms with Crippen molar-refractivity contribution in [1.82, 2.24) is 25.4 Å². The summed E-state index contributed by atoms with van der Waals surface area (Å²) in [5.74, 6) is -0.282. The number of pyridine rings is 3. The predicted octanol–water partition coefficient (Wildman–Crippen LogP) is -6.20. The molecule has 0 unspecified atom stereocenters. The van der Waals surface area contributed by atoms with Crippen molar-refractivity contribution in [1.29, 1.82) is 0 Å². The first-order chi connectivity index (χ1) is 17.8. The van der Waals surface area contributed by atoms with E-state index in [1.54, 1.807) is 36.9 Å². The van der Waals surface area contributed by atoms with E-state index in [4.69, 9.17) is 37.3 Å². The van der Waals surface area contributed by atoms with Gasteiger partial charge in [0, 0.05) is 31.0 Å². The molecule has 0 saturated carbocycles. The van der Waals surface area contributed by atoms with Crippen molar-refractivity contribution < 1.29 is 79.6 Å². The Hall–Kier alpha value is -3.35. The SMILES string of the molecule is O=C(N/N=C\c1ccc[nH]1)c1cccnc1.[Cu+2].[O-][Cl+3]([O-])([O-])[O-].[O-][Cl+3]([O-])([O-])[O-].c1ccc(-c2ccccn2)nc1. The maximum atomic E-state index is 11.5. The Balaban J connectivity index is 0.000000553. The molecule has 18 heteroatoms. The molecule has 0 fully saturated rings. The van der Waals surface area contributed by atoms with Gasteiger partial charge in [0.05, 0.1) is 28.9 Å². The number of hydrazone groups is 1. The largest absolute Gasteiger partial charge is 2.00 e. The van der Waals surface area contributed by atoms with Crippen LogP contribution in [0.4, 0.5) is 0 Å². The minimum absolute atomic E-state index is 0. The number of H-pyrrole nitrogens is 1. The van der Waals surface area contributed by atoms with E-state index >= 15 is 0 Å². The van der Waals surface area contributed by atoms with E-state index in [0.29, 0.717) is 5.56 Å². The molecule has 1 amide bonds. The van der Waals surface area contributed by atoms with Crippen LogP contribution in [0.5, 0.6) is 0 Å². The number of rotatable bonds is 4. The van der Waals surface area contributed by atoms with Crippen LogP contribution in [-0.2, 0) is 17.1 Å². The predicted molar refractivity (Wildman–Crippen MR) is 108 cm³/mol. The van der Waals surface area contributed by atoms with Crippen molar-refractivity contribution >= 4 is 12.1 Å². The van der Waals surface area contributed by atoms with Crippen molar-refractivity contribution in [2.75, 3.05) is 0 Å². The number of hydrogen-bond donors (Lipinski definition) is 2. The van der Waals surface area contributed by atoms with E-state index in [1.165, 1.54) is 12.4 Å². The van der Waals surface area contributed by atoms with Crippen LogP contribution in [0.3, 0.4) is 0 Å². The van der Waals surface area contributed by atoms with Crippen LogP contribution in [0.1, 0.15) is 16.1 Å². The first kappa shape index (κ1) is 35.6. The third kappa shape index (κ3) is 21.3. The number of amides is 1. The summed E-state index contributed by atoms with van der Waals surface area (Å²) in [6, 6.07) is 18.7. The summed E-state index contributed by atoms with van der Waals surface area (Å²) in [6.45, 7) is 0. The molecule has 211 valence electrons. The second-order valence-electron chi connectivity index (χ2n) is 6.25. The van der Waals surface area contributed by atoms with Crippen LogP contribution in [0.25, 0.3) is 11.4 Å². The van der Waals surface area contributed by atoms with Crippen LogP contribution in [-0.4, -0.2) is 32.1 Å². The zero-order valence-electron chi connectivity index (χ0n) is 19.3. The zero-order chi connectivity index (χ0) is 28.4. The van der Waals surface area contributed by atoms with Gasteiger partial charge >= 0.3 is 17.1 Å². The van der Waals surface area contributed by atoms with Gasteiger partial charge < -0.3 is 4.98 Å². The number of carbonyl (C=O) groups excluding carboxylic acids is 1. The van der Waals surface area contributed by atoms with Gasteiger partial charge in [0.1, 0.15) is 0 Å². The monoisotopic (exact) mass is 631 g/mol. The molecule has 4 heterocycles. The Labute approximate surface area is 236 Å². The van der Waals surface area contributed by atoms with Gasteiger partial charge in [-0.15, -0.1) is 20.5 Å². The van der Waals surface area contributed by atoms with E-state index in [9.17, 15) is 4.79 Å². The van der Waals surface area contributed by atoms with Crippen LogP contribution in [0.15, 0.2) is 96.7 Å². The minimum atomic E-state index is -4.94. The third-order valence-corrected chi connectivity index (χ3v) is 3.51. The molecule has 0 spiro atoms. The molecule has 0 bridgehead atoms. The average Bonchev–Trinajstić information content (AvgIpc) is 3.38. The summed E-state index contributed by atoms with van der Waals surface area (Å²) >= 11 is 0. The van der Waals surface area contributed by atoms with Gasteiger partial charge in [-0.1, -0.05) is 12.1 Å². The van der Waals surface area contributed by atoms with Crippen LogP contribution in [0.2, 0.25) is 0 Å². The normalized spacial score (nSPS) is 10.4. The molecule has 0 aromatic carbocycles. The Morgan fingerprint density at radius 2 is 1.31 bits per heavy atom. The third-order valence-electron chi connectivity index (χ3n) is 3.51. The van der Waals surface area contributed by atoms with Gasteiger partial charge in [-0.3, -0.25) is 19.7 Å². The number of hydrogen-bond acceptors (Lipinski definition) is 13. The molecule has 0 saturated heterocycles. The van der Waals surface area contributed by atoms with Gasteiger partial charge in [-0.25, -0.2) is 42.7 Å². The number of carbonyl (C=O) groups is 1. The molecule has 1 radical (unpaired) electrons. The molecule has 0 aliphatic heterocycles.